The number of benzene rings is 6. The van der Waals surface area contributed by atoms with Gasteiger partial charge in [-0.15, -0.1) is 0 Å². The van der Waals surface area contributed by atoms with E-state index in [-0.39, 0.29) is 23.8 Å². The highest BCUT2D eigenvalue weighted by Crippen LogP contribution is 2.54. The summed E-state index contributed by atoms with van der Waals surface area (Å²) in [4.78, 5) is 2.51. The molecule has 0 aliphatic carbocycles. The maximum Gasteiger partial charge on any atom is 0.142 e. The summed E-state index contributed by atoms with van der Waals surface area (Å²) in [7, 11) is 0. The van der Waals surface area contributed by atoms with Crippen LogP contribution in [0.15, 0.2) is 120 Å². The predicted molar refractivity (Wildman–Crippen MR) is 186 cm³/mol. The minimum absolute atomic E-state index is 0.252. The summed E-state index contributed by atoms with van der Waals surface area (Å²) >= 11 is 0. The molecule has 0 saturated carbocycles. The smallest absolute Gasteiger partial charge is 0.142 e. The first-order valence-corrected chi connectivity index (χ1v) is 15.8. The van der Waals surface area contributed by atoms with Crippen molar-refractivity contribution < 1.29 is 8.81 Å². The average molecular weight is 591 g/mol. The molecule has 0 saturated heterocycles. The Morgan fingerprint density at radius 2 is 1.36 bits per heavy atom. The third-order valence-electron chi connectivity index (χ3n) is 9.24. The quantitative estimate of drug-likeness (QED) is 0.216. The fourth-order valence-corrected chi connectivity index (χ4v) is 7.07. The molecule has 0 spiro atoms. The van der Waals surface area contributed by atoms with Crippen molar-refractivity contribution in [3.05, 3.63) is 138 Å². The summed E-state index contributed by atoms with van der Waals surface area (Å²) < 4.78 is 20.8. The van der Waals surface area contributed by atoms with Crippen LogP contribution in [0.2, 0.25) is 0 Å². The van der Waals surface area contributed by atoms with Gasteiger partial charge in [0, 0.05) is 27.8 Å². The molecule has 1 unspecified atom stereocenters. The molecule has 1 atom stereocenters. The molecule has 1 aliphatic heterocycles. The monoisotopic (exact) mass is 590 g/mol. The molecule has 4 heteroatoms. The van der Waals surface area contributed by atoms with Gasteiger partial charge in [0.15, 0.2) is 0 Å². The van der Waals surface area contributed by atoms with Gasteiger partial charge < -0.3 is 14.6 Å². The van der Waals surface area contributed by atoms with E-state index >= 15 is 0 Å². The van der Waals surface area contributed by atoms with E-state index in [2.05, 4.69) is 135 Å². The van der Waals surface area contributed by atoms with Crippen molar-refractivity contribution in [1.82, 2.24) is 0 Å². The van der Waals surface area contributed by atoms with Gasteiger partial charge in [-0.2, -0.15) is 0 Å². The molecule has 1 aromatic heterocycles. The van der Waals surface area contributed by atoms with Crippen molar-refractivity contribution in [3.63, 3.8) is 0 Å². The zero-order valence-electron chi connectivity index (χ0n) is 25.9. The summed E-state index contributed by atoms with van der Waals surface area (Å²) in [5, 5.41) is 8.20. The van der Waals surface area contributed by atoms with Crippen molar-refractivity contribution in [2.75, 3.05) is 10.2 Å². The van der Waals surface area contributed by atoms with E-state index in [1.807, 2.05) is 6.07 Å². The molecule has 3 nitrogen and oxygen atoms in total. The van der Waals surface area contributed by atoms with Gasteiger partial charge in [0.1, 0.15) is 23.1 Å². The van der Waals surface area contributed by atoms with E-state index in [0.29, 0.717) is 5.58 Å². The van der Waals surface area contributed by atoms with Gasteiger partial charge in [0.25, 0.3) is 0 Å². The van der Waals surface area contributed by atoms with Gasteiger partial charge in [0.2, 0.25) is 0 Å². The van der Waals surface area contributed by atoms with Gasteiger partial charge in [0.05, 0.1) is 17.1 Å². The molecule has 7 aromatic rings. The minimum Gasteiger partial charge on any atom is -0.456 e. The second kappa shape index (κ2) is 10.5. The third-order valence-corrected chi connectivity index (χ3v) is 9.24. The Bertz CT molecular complexity index is 2200. The number of rotatable bonds is 5. The van der Waals surface area contributed by atoms with E-state index in [1.54, 1.807) is 0 Å². The highest BCUT2D eigenvalue weighted by Gasteiger charge is 2.37. The Kier molecular flexibility index (Phi) is 6.42. The van der Waals surface area contributed by atoms with Crippen LogP contribution in [0.4, 0.5) is 21.5 Å². The van der Waals surface area contributed by atoms with Gasteiger partial charge >= 0.3 is 0 Å². The third kappa shape index (κ3) is 4.39. The Balaban J connectivity index is 1.45. The van der Waals surface area contributed by atoms with Crippen molar-refractivity contribution in [2.24, 2.45) is 0 Å². The fraction of sp³-hybridized carbons (Fsp3) is 0.171. The molecule has 1 aliphatic rings. The first kappa shape index (κ1) is 27.5. The molecule has 6 aromatic carbocycles. The van der Waals surface area contributed by atoms with Crippen LogP contribution in [-0.4, -0.2) is 0 Å². The van der Waals surface area contributed by atoms with E-state index in [0.717, 1.165) is 33.3 Å². The first-order valence-electron chi connectivity index (χ1n) is 15.8. The molecule has 45 heavy (non-hydrogen) atoms. The van der Waals surface area contributed by atoms with E-state index in [9.17, 15) is 4.39 Å². The van der Waals surface area contributed by atoms with Crippen molar-refractivity contribution in [3.8, 4) is 11.1 Å². The van der Waals surface area contributed by atoms with Crippen molar-refractivity contribution >= 4 is 49.8 Å². The first-order chi connectivity index (χ1) is 21.9. The summed E-state index contributed by atoms with van der Waals surface area (Å²) in [5.74, 6) is 0.237. The van der Waals surface area contributed by atoms with E-state index in [1.165, 1.54) is 50.8 Å². The number of furan rings is 1. The normalized spacial score (nSPS) is 14.6. The maximum absolute atomic E-state index is 14.3. The molecule has 0 amide bonds. The number of hydrogen-bond acceptors (Lipinski definition) is 3. The van der Waals surface area contributed by atoms with Crippen LogP contribution in [0.5, 0.6) is 0 Å². The van der Waals surface area contributed by atoms with Gasteiger partial charge in [-0.25, -0.2) is 4.39 Å². The highest BCUT2D eigenvalue weighted by molar-refractivity contribution is 6.08. The topological polar surface area (TPSA) is 28.4 Å². The minimum atomic E-state index is -0.302. The number of anilines is 3. The molecule has 1 N–H and O–H groups in total. The average Bonchev–Trinajstić information content (AvgIpc) is 3.62. The number of para-hydroxylation sites is 1. The number of halogens is 1. The van der Waals surface area contributed by atoms with Crippen molar-refractivity contribution in [2.45, 2.75) is 45.7 Å². The lowest BCUT2D eigenvalue weighted by Gasteiger charge is -2.34. The van der Waals surface area contributed by atoms with Crippen LogP contribution in [-0.2, 0) is 0 Å². The lowest BCUT2D eigenvalue weighted by Crippen LogP contribution is -2.26. The summed E-state index contributed by atoms with van der Waals surface area (Å²) in [6.45, 7) is 9.15. The molecule has 8 rings (SSSR count). The number of nitrogens with zero attached hydrogens (tertiary/aromatic N) is 1. The van der Waals surface area contributed by atoms with E-state index in [4.69, 9.17) is 4.42 Å². The molecular formula is C41H35FN2O. The molecule has 0 fully saturated rings. The molecule has 222 valence electrons. The zero-order chi connectivity index (χ0) is 30.8. The van der Waals surface area contributed by atoms with Crippen LogP contribution in [0.25, 0.3) is 43.8 Å². The van der Waals surface area contributed by atoms with E-state index < -0.39 is 0 Å². The number of fused-ring (bicyclic) bond motifs is 6. The predicted octanol–water partition coefficient (Wildman–Crippen LogP) is 12.1. The fourth-order valence-electron chi connectivity index (χ4n) is 7.07. The van der Waals surface area contributed by atoms with Crippen LogP contribution in [0.1, 0.15) is 62.4 Å². The molecule has 2 heterocycles. The maximum atomic E-state index is 14.3. The Labute approximate surface area is 262 Å². The highest BCUT2D eigenvalue weighted by atomic mass is 19.1. The number of nitrogens with one attached hydrogen (secondary N) is 1. The van der Waals surface area contributed by atoms with Crippen molar-refractivity contribution in [1.29, 1.82) is 0 Å². The SMILES string of the molecule is CC(C)c1cc(-c2ccccc2)cc(C(C)C)c1N1c2c(ccc3ccccc23)NC1c1cccc2c1oc1cc(F)ccc12. The van der Waals surface area contributed by atoms with Crippen LogP contribution < -0.4 is 10.2 Å². The molecule has 0 radical (unpaired) electrons. The summed E-state index contributed by atoms with van der Waals surface area (Å²) in [5.41, 5.74) is 10.9. The summed E-state index contributed by atoms with van der Waals surface area (Å²) in [6.07, 6.45) is -0.252. The Hall–Kier alpha value is -5.09. The van der Waals surface area contributed by atoms with Crippen LogP contribution >= 0.6 is 0 Å². The lowest BCUT2D eigenvalue weighted by molar-refractivity contribution is 0.616. The second-order valence-electron chi connectivity index (χ2n) is 12.7. The molecule has 0 bridgehead atoms. The van der Waals surface area contributed by atoms with Crippen LogP contribution in [0, 0.1) is 5.82 Å². The Morgan fingerprint density at radius 1 is 0.644 bits per heavy atom. The van der Waals surface area contributed by atoms with Gasteiger partial charge in [-0.3, -0.25) is 0 Å². The second-order valence-corrected chi connectivity index (χ2v) is 12.7. The summed E-state index contributed by atoms with van der Waals surface area (Å²) in [6, 6.07) is 39.5. The molecular weight excluding hydrogens is 555 g/mol. The lowest BCUT2D eigenvalue weighted by atomic mass is 9.87. The largest absolute Gasteiger partial charge is 0.456 e. The Morgan fingerprint density at radius 3 is 2.11 bits per heavy atom. The van der Waals surface area contributed by atoms with Crippen LogP contribution in [0.3, 0.4) is 0 Å². The van der Waals surface area contributed by atoms with Gasteiger partial charge in [-0.05, 0) is 69.8 Å². The number of hydrogen-bond donors (Lipinski definition) is 1. The zero-order valence-corrected chi connectivity index (χ0v) is 25.9. The standard InChI is InChI=1S/C41H35FN2O/c1-24(2)34-21-28(26-11-6-5-7-12-26)22-35(25(3)4)38(34)44-39-30-14-9-8-13-27(30)17-20-36(39)43-41(44)33-16-10-15-32-31-19-18-29(42)23-37(31)45-40(32)33/h5-25,41,43H,1-4H3. The van der Waals surface area contributed by atoms with Gasteiger partial charge in [-0.1, -0.05) is 107 Å².